The van der Waals surface area contributed by atoms with Crippen LogP contribution in [0.5, 0.6) is 0 Å². The summed E-state index contributed by atoms with van der Waals surface area (Å²) in [5.41, 5.74) is 1.20. The summed E-state index contributed by atoms with van der Waals surface area (Å²) in [6.45, 7) is 7.48. The maximum Gasteiger partial charge on any atom is 0.282 e. The average Bonchev–Trinajstić information content (AvgIpc) is 2.97. The smallest absolute Gasteiger partial charge is 0.282 e. The Labute approximate surface area is 142 Å². The molecule has 2 rings (SSSR count). The molecule has 126 valence electrons. The van der Waals surface area contributed by atoms with Crippen molar-refractivity contribution in [1.29, 1.82) is 0 Å². The first-order valence-corrected chi connectivity index (χ1v) is 9.11. The summed E-state index contributed by atoms with van der Waals surface area (Å²) in [7, 11) is 0. The zero-order valence-corrected chi connectivity index (χ0v) is 14.6. The van der Waals surface area contributed by atoms with Gasteiger partial charge in [-0.05, 0) is 18.7 Å². The molecule has 1 unspecified atom stereocenters. The molecule has 0 saturated carbocycles. The third-order valence-corrected chi connectivity index (χ3v) is 5.00. The molecule has 0 radical (unpaired) electrons. The minimum Gasteiger partial charge on any atom is -0.353 e. The number of nitrogens with zero attached hydrogens (tertiary/aromatic N) is 2. The molecule has 1 saturated heterocycles. The maximum absolute atomic E-state index is 12.1. The number of amides is 2. The number of nitrogens with one attached hydrogen (secondary N) is 1. The zero-order chi connectivity index (χ0) is 16.7. The molecule has 1 heterocycles. The van der Waals surface area contributed by atoms with Crippen molar-refractivity contribution in [2.45, 2.75) is 19.9 Å². The van der Waals surface area contributed by atoms with Crippen LogP contribution in [0.25, 0.3) is 0 Å². The lowest BCUT2D eigenvalue weighted by Gasteiger charge is -2.30. The van der Waals surface area contributed by atoms with Crippen LogP contribution in [0, 0.1) is 0 Å². The second kappa shape index (κ2) is 8.93. The van der Waals surface area contributed by atoms with Gasteiger partial charge < -0.3 is 10.2 Å². The van der Waals surface area contributed by atoms with Gasteiger partial charge >= 0.3 is 0 Å². The summed E-state index contributed by atoms with van der Waals surface area (Å²) in [5, 5.41) is 3.00. The van der Waals surface area contributed by atoms with Gasteiger partial charge in [0.2, 0.25) is 5.91 Å². The predicted molar refractivity (Wildman–Crippen MR) is 94.5 cm³/mol. The van der Waals surface area contributed by atoms with Crippen LogP contribution in [0.1, 0.15) is 25.5 Å². The molecule has 0 spiro atoms. The largest absolute Gasteiger partial charge is 0.353 e. The third kappa shape index (κ3) is 4.97. The standard InChI is InChI=1S/C17H25N3O2S/c1-3-19(4-2)15(14-8-6-5-7-9-14)12-18-16(21)13-20-10-11-23-17(20)22/h5-9,15H,3-4,10-13H2,1-2H3,(H,18,21). The van der Waals surface area contributed by atoms with E-state index in [4.69, 9.17) is 0 Å². The van der Waals surface area contributed by atoms with Gasteiger partial charge in [-0.1, -0.05) is 55.9 Å². The van der Waals surface area contributed by atoms with Crippen LogP contribution in [-0.2, 0) is 4.79 Å². The Morgan fingerprint density at radius 3 is 2.57 bits per heavy atom. The molecule has 0 aliphatic carbocycles. The molecule has 1 aliphatic heterocycles. The summed E-state index contributed by atoms with van der Waals surface area (Å²) in [5.74, 6) is 0.687. The highest BCUT2D eigenvalue weighted by Gasteiger charge is 2.24. The Bertz CT molecular complexity index is 520. The highest BCUT2D eigenvalue weighted by atomic mass is 32.2. The van der Waals surface area contributed by atoms with Gasteiger partial charge in [0.15, 0.2) is 0 Å². The monoisotopic (exact) mass is 335 g/mol. The van der Waals surface area contributed by atoms with E-state index in [-0.39, 0.29) is 23.7 Å². The normalized spacial score (nSPS) is 16.0. The number of rotatable bonds is 8. The second-order valence-electron chi connectivity index (χ2n) is 5.49. The van der Waals surface area contributed by atoms with Crippen LogP contribution < -0.4 is 5.32 Å². The lowest BCUT2D eigenvalue weighted by Crippen LogP contribution is -2.42. The maximum atomic E-state index is 12.1. The number of hydrogen-bond acceptors (Lipinski definition) is 4. The molecule has 6 heteroatoms. The van der Waals surface area contributed by atoms with Gasteiger partial charge in [0.25, 0.3) is 5.24 Å². The molecule has 1 fully saturated rings. The van der Waals surface area contributed by atoms with E-state index in [9.17, 15) is 9.59 Å². The molecule has 2 amide bonds. The summed E-state index contributed by atoms with van der Waals surface area (Å²) in [6, 6.07) is 10.4. The van der Waals surface area contributed by atoms with Crippen LogP contribution in [0.15, 0.2) is 30.3 Å². The number of hydrogen-bond donors (Lipinski definition) is 1. The second-order valence-corrected chi connectivity index (χ2v) is 6.53. The summed E-state index contributed by atoms with van der Waals surface area (Å²) in [6.07, 6.45) is 0. The van der Waals surface area contributed by atoms with Gasteiger partial charge in [0, 0.05) is 18.8 Å². The van der Waals surface area contributed by atoms with Crippen molar-refractivity contribution in [3.05, 3.63) is 35.9 Å². The molecular formula is C17H25N3O2S. The molecular weight excluding hydrogens is 310 g/mol. The molecule has 0 bridgehead atoms. The van der Waals surface area contributed by atoms with E-state index in [1.165, 1.54) is 17.3 Å². The van der Waals surface area contributed by atoms with Crippen LogP contribution in [0.4, 0.5) is 4.79 Å². The van der Waals surface area contributed by atoms with Crippen molar-refractivity contribution >= 4 is 22.9 Å². The van der Waals surface area contributed by atoms with Crippen molar-refractivity contribution in [3.8, 4) is 0 Å². The summed E-state index contributed by atoms with van der Waals surface area (Å²) >= 11 is 1.28. The van der Waals surface area contributed by atoms with Crippen LogP contribution >= 0.6 is 11.8 Å². The Morgan fingerprint density at radius 1 is 1.30 bits per heavy atom. The van der Waals surface area contributed by atoms with Crippen molar-refractivity contribution in [3.63, 3.8) is 0 Å². The Hall–Kier alpha value is -1.53. The van der Waals surface area contributed by atoms with Crippen molar-refractivity contribution in [2.75, 3.05) is 38.5 Å². The zero-order valence-electron chi connectivity index (χ0n) is 13.8. The first kappa shape index (κ1) is 17.8. The minimum atomic E-state index is -0.0889. The quantitative estimate of drug-likeness (QED) is 0.792. The molecule has 1 aromatic rings. The number of likely N-dealkylation sites (N-methyl/N-ethyl adjacent to an activating group) is 1. The van der Waals surface area contributed by atoms with Crippen molar-refractivity contribution in [1.82, 2.24) is 15.1 Å². The topological polar surface area (TPSA) is 52.7 Å². The molecule has 23 heavy (non-hydrogen) atoms. The van der Waals surface area contributed by atoms with Crippen LogP contribution in [0.3, 0.4) is 0 Å². The molecule has 1 aromatic carbocycles. The lowest BCUT2D eigenvalue weighted by atomic mass is 10.1. The first-order chi connectivity index (χ1) is 11.2. The Kier molecular flexibility index (Phi) is 6.92. The summed E-state index contributed by atoms with van der Waals surface area (Å²) < 4.78 is 0. The Balaban J connectivity index is 1.95. The van der Waals surface area contributed by atoms with E-state index in [0.29, 0.717) is 13.1 Å². The van der Waals surface area contributed by atoms with E-state index >= 15 is 0 Å². The third-order valence-electron chi connectivity index (χ3n) is 4.11. The van der Waals surface area contributed by atoms with Gasteiger partial charge in [0.1, 0.15) is 6.54 Å². The van der Waals surface area contributed by atoms with E-state index < -0.39 is 0 Å². The Morgan fingerprint density at radius 2 is 2.00 bits per heavy atom. The molecule has 1 atom stereocenters. The number of carbonyl (C=O) groups is 2. The molecule has 0 aromatic heterocycles. The molecule has 1 aliphatic rings. The fourth-order valence-corrected chi connectivity index (χ4v) is 3.63. The lowest BCUT2D eigenvalue weighted by molar-refractivity contribution is -0.121. The van der Waals surface area contributed by atoms with Gasteiger partial charge in [-0.2, -0.15) is 0 Å². The van der Waals surface area contributed by atoms with Crippen LogP contribution in [0.2, 0.25) is 0 Å². The highest BCUT2D eigenvalue weighted by Crippen LogP contribution is 2.20. The fourth-order valence-electron chi connectivity index (χ4n) is 2.81. The SMILES string of the molecule is CCN(CC)C(CNC(=O)CN1CCSC1=O)c1ccccc1. The van der Waals surface area contributed by atoms with Gasteiger partial charge in [-0.25, -0.2) is 0 Å². The number of carbonyl (C=O) groups excluding carboxylic acids is 2. The molecule has 5 nitrogen and oxygen atoms in total. The number of benzene rings is 1. The van der Waals surface area contributed by atoms with Crippen LogP contribution in [-0.4, -0.2) is 59.4 Å². The fraction of sp³-hybridized carbons (Fsp3) is 0.529. The van der Waals surface area contributed by atoms with E-state index in [1.54, 1.807) is 4.90 Å². The molecule has 1 N–H and O–H groups in total. The van der Waals surface area contributed by atoms with Gasteiger partial charge in [-0.15, -0.1) is 0 Å². The average molecular weight is 335 g/mol. The van der Waals surface area contributed by atoms with E-state index in [0.717, 1.165) is 18.8 Å². The highest BCUT2D eigenvalue weighted by molar-refractivity contribution is 8.13. The number of thioether (sulfide) groups is 1. The first-order valence-electron chi connectivity index (χ1n) is 8.13. The van der Waals surface area contributed by atoms with Gasteiger partial charge in [0.05, 0.1) is 6.04 Å². The van der Waals surface area contributed by atoms with Crippen molar-refractivity contribution in [2.24, 2.45) is 0 Å². The minimum absolute atomic E-state index is 0.00324. The van der Waals surface area contributed by atoms with Gasteiger partial charge in [-0.3, -0.25) is 14.5 Å². The van der Waals surface area contributed by atoms with E-state index in [2.05, 4.69) is 36.2 Å². The van der Waals surface area contributed by atoms with E-state index in [1.807, 2.05) is 18.2 Å². The summed E-state index contributed by atoms with van der Waals surface area (Å²) in [4.78, 5) is 27.6. The predicted octanol–water partition coefficient (Wildman–Crippen LogP) is 2.35. The van der Waals surface area contributed by atoms with Crippen molar-refractivity contribution < 1.29 is 9.59 Å².